The Morgan fingerprint density at radius 1 is 0.882 bits per heavy atom. The molecule has 3 heterocycles. The van der Waals surface area contributed by atoms with E-state index in [1.165, 1.54) is 7.11 Å². The van der Waals surface area contributed by atoms with Crippen LogP contribution in [0.1, 0.15) is 71.6 Å². The molecule has 0 spiro atoms. The number of methoxy groups -OCH3 is 1. The Bertz CT molecular complexity index is 1360. The summed E-state index contributed by atoms with van der Waals surface area (Å²) < 4.78 is 34.6. The van der Waals surface area contributed by atoms with Crippen molar-refractivity contribution >= 4 is 12.3 Å². The van der Waals surface area contributed by atoms with E-state index in [0.717, 1.165) is 18.3 Å². The first kappa shape index (κ1) is 37.7. The van der Waals surface area contributed by atoms with Crippen molar-refractivity contribution in [1.82, 2.24) is 0 Å². The Balaban J connectivity index is 1.03. The van der Waals surface area contributed by atoms with Crippen LogP contribution >= 0.6 is 0 Å². The van der Waals surface area contributed by atoms with Crippen LogP contribution in [0.25, 0.3) is 0 Å². The number of carbonyl (C=O) groups is 2. The molecule has 3 aliphatic heterocycles. The summed E-state index contributed by atoms with van der Waals surface area (Å²) in [6, 6.07) is 0. The molecule has 15 nitrogen and oxygen atoms in total. The molecule has 4 aliphatic carbocycles. The molecule has 0 bridgehead atoms. The summed E-state index contributed by atoms with van der Waals surface area (Å²) in [4.78, 5) is 25.1. The van der Waals surface area contributed by atoms with Crippen molar-refractivity contribution in [2.75, 3.05) is 20.3 Å². The lowest BCUT2D eigenvalue weighted by molar-refractivity contribution is -0.363. The van der Waals surface area contributed by atoms with E-state index in [-0.39, 0.29) is 36.8 Å². The Labute approximate surface area is 296 Å². The van der Waals surface area contributed by atoms with E-state index in [1.54, 1.807) is 13.0 Å². The molecule has 0 radical (unpaired) electrons. The van der Waals surface area contributed by atoms with E-state index >= 15 is 0 Å². The summed E-state index contributed by atoms with van der Waals surface area (Å²) in [6.07, 6.45) is -6.79. The maximum Gasteiger partial charge on any atom is 0.331 e. The number of cyclic esters (lactones) is 1. The molecule has 0 unspecified atom stereocenters. The van der Waals surface area contributed by atoms with E-state index in [1.807, 2.05) is 0 Å². The standard InChI is InChI=1S/C36H54O15/c1-17-29(51-31-27(42)26(41)25(40)23(14-37)50-31)30(46-3)28(43)32(48-17)49-19-4-9-34(16-38)21-5-8-33(2)20(18-12-24(39)47-15-18)7-11-36(33,45)22(21)6-10-35(34,44)13-19/h12,16-17,19-23,25-32,37,40-45H,4-11,13-15H2,1-3H3/t17-,19+,20-,21+,22-,23-,25-,26+,27-,28-,29-,30+,31+,32+,33-,34+,35+,36+/m1/s1. The van der Waals surface area contributed by atoms with Gasteiger partial charge in [-0.3, -0.25) is 0 Å². The van der Waals surface area contributed by atoms with Crippen molar-refractivity contribution in [2.24, 2.45) is 28.6 Å². The third kappa shape index (κ3) is 5.68. The number of ether oxygens (including phenoxy) is 6. The van der Waals surface area contributed by atoms with Gasteiger partial charge in [0, 0.05) is 25.0 Å². The molecule has 0 aromatic carbocycles. The quantitative estimate of drug-likeness (QED) is 0.0925. The van der Waals surface area contributed by atoms with Crippen LogP contribution in [-0.4, -0.2) is 147 Å². The summed E-state index contributed by atoms with van der Waals surface area (Å²) >= 11 is 0. The predicted molar refractivity (Wildman–Crippen MR) is 172 cm³/mol. The molecule has 7 rings (SSSR count). The molecule has 7 aliphatic rings. The summed E-state index contributed by atoms with van der Waals surface area (Å²) in [5, 5.41) is 76.7. The first-order valence-electron chi connectivity index (χ1n) is 18.4. The van der Waals surface area contributed by atoms with E-state index in [2.05, 4.69) is 6.92 Å². The first-order valence-corrected chi connectivity index (χ1v) is 18.4. The summed E-state index contributed by atoms with van der Waals surface area (Å²) in [5.74, 6) is -0.777. The Morgan fingerprint density at radius 2 is 1.61 bits per heavy atom. The minimum absolute atomic E-state index is 0.00877. The average Bonchev–Trinajstić information content (AvgIpc) is 3.65. The van der Waals surface area contributed by atoms with E-state index in [4.69, 9.17) is 28.4 Å². The fourth-order valence-electron chi connectivity index (χ4n) is 11.5. The number of hydrogen-bond donors (Lipinski definition) is 7. The van der Waals surface area contributed by atoms with Crippen molar-refractivity contribution < 1.29 is 73.8 Å². The number of aldehydes is 1. The molecule has 2 saturated heterocycles. The SMILES string of the molecule is CO[C@H]1[C@@H](O)[C@H](O[C@H]2CC[C@]3(C=O)[C@H]4CC[C@]5(C)[C@@H](C6=CC(=O)OC6)CC[C@]5(O)[C@@H]4CC[C@]3(O)C2)O[C@H](C)[C@H]1O[C@@H]1O[C@H](CO)[C@@H](O)[C@H](O)[C@H]1O. The van der Waals surface area contributed by atoms with Gasteiger partial charge in [-0.1, -0.05) is 6.92 Å². The number of rotatable bonds is 8. The van der Waals surface area contributed by atoms with Crippen LogP contribution in [-0.2, 0) is 38.0 Å². The van der Waals surface area contributed by atoms with Crippen LogP contribution in [0.3, 0.4) is 0 Å². The minimum Gasteiger partial charge on any atom is -0.458 e. The van der Waals surface area contributed by atoms with Crippen LogP contribution in [0.2, 0.25) is 0 Å². The smallest absolute Gasteiger partial charge is 0.331 e. The average molecular weight is 727 g/mol. The second kappa shape index (κ2) is 13.6. The summed E-state index contributed by atoms with van der Waals surface area (Å²) in [6.45, 7) is 3.37. The van der Waals surface area contributed by atoms with Crippen molar-refractivity contribution in [3.63, 3.8) is 0 Å². The number of fused-ring (bicyclic) bond motifs is 5. The molecule has 18 atom stereocenters. The largest absolute Gasteiger partial charge is 0.458 e. The maximum absolute atomic E-state index is 13.2. The lowest BCUT2D eigenvalue weighted by atomic mass is 9.41. The Hall–Kier alpha value is -1.60. The molecule has 15 heteroatoms. The molecule has 0 aromatic rings. The van der Waals surface area contributed by atoms with Gasteiger partial charge >= 0.3 is 5.97 Å². The third-order valence-corrected chi connectivity index (χ3v) is 14.3. The highest BCUT2D eigenvalue weighted by atomic mass is 16.7. The number of esters is 1. The first-order chi connectivity index (χ1) is 24.2. The van der Waals surface area contributed by atoms with Gasteiger partial charge in [-0.15, -0.1) is 0 Å². The van der Waals surface area contributed by atoms with Crippen molar-refractivity contribution in [2.45, 2.75) is 150 Å². The maximum atomic E-state index is 13.2. The molecule has 7 N–H and O–H groups in total. The van der Waals surface area contributed by atoms with Gasteiger partial charge in [0.05, 0.1) is 35.4 Å². The number of aliphatic hydroxyl groups is 7. The lowest BCUT2D eigenvalue weighted by Gasteiger charge is -2.65. The predicted octanol–water partition coefficient (Wildman–Crippen LogP) is -0.772. The van der Waals surface area contributed by atoms with Crippen molar-refractivity contribution in [1.29, 1.82) is 0 Å². The highest BCUT2D eigenvalue weighted by molar-refractivity contribution is 5.85. The third-order valence-electron chi connectivity index (χ3n) is 14.3. The second-order valence-corrected chi connectivity index (χ2v) is 16.4. The van der Waals surface area contributed by atoms with Gasteiger partial charge in [0.25, 0.3) is 0 Å². The van der Waals surface area contributed by atoms with Crippen molar-refractivity contribution in [3.05, 3.63) is 11.6 Å². The van der Waals surface area contributed by atoms with Crippen molar-refractivity contribution in [3.8, 4) is 0 Å². The fourth-order valence-corrected chi connectivity index (χ4v) is 11.5. The molecular weight excluding hydrogens is 672 g/mol. The van der Waals surface area contributed by atoms with Gasteiger partial charge in [-0.25, -0.2) is 4.79 Å². The van der Waals surface area contributed by atoms with Crippen LogP contribution < -0.4 is 0 Å². The number of carbonyl (C=O) groups excluding carboxylic acids is 2. The summed E-state index contributed by atoms with van der Waals surface area (Å²) in [7, 11) is 1.36. The summed E-state index contributed by atoms with van der Waals surface area (Å²) in [5.41, 5.74) is -3.11. The van der Waals surface area contributed by atoms with E-state index in [9.17, 15) is 45.3 Å². The van der Waals surface area contributed by atoms with Gasteiger partial charge in [0.2, 0.25) is 0 Å². The zero-order chi connectivity index (χ0) is 36.7. The fraction of sp³-hybridized carbons (Fsp3) is 0.889. The lowest BCUT2D eigenvalue weighted by Crippen LogP contribution is -2.69. The highest BCUT2D eigenvalue weighted by Crippen LogP contribution is 2.70. The van der Waals surface area contributed by atoms with Crippen LogP contribution in [0.4, 0.5) is 0 Å². The van der Waals surface area contributed by atoms with Gasteiger partial charge in [0.1, 0.15) is 55.6 Å². The van der Waals surface area contributed by atoms with E-state index in [0.29, 0.717) is 44.9 Å². The molecule has 4 saturated carbocycles. The normalized spacial score (nSPS) is 54.2. The molecule has 0 amide bonds. The minimum atomic E-state index is -1.66. The van der Waals surface area contributed by atoms with Crippen LogP contribution in [0.15, 0.2) is 11.6 Å². The van der Waals surface area contributed by atoms with Crippen LogP contribution in [0.5, 0.6) is 0 Å². The molecule has 288 valence electrons. The topological polar surface area (TPSA) is 231 Å². The van der Waals surface area contributed by atoms with Crippen LogP contribution in [0, 0.1) is 28.6 Å². The molecule has 51 heavy (non-hydrogen) atoms. The number of aliphatic hydroxyl groups excluding tert-OH is 5. The van der Waals surface area contributed by atoms with E-state index < -0.39 is 96.2 Å². The zero-order valence-electron chi connectivity index (χ0n) is 29.4. The molecular formula is C36H54O15. The molecule has 6 fully saturated rings. The van der Waals surface area contributed by atoms with Gasteiger partial charge in [-0.05, 0) is 81.6 Å². The number of hydrogen-bond acceptors (Lipinski definition) is 15. The highest BCUT2D eigenvalue weighted by Gasteiger charge is 2.71. The van der Waals surface area contributed by atoms with Gasteiger partial charge < -0.3 is 69.0 Å². The monoisotopic (exact) mass is 726 g/mol. The Kier molecular flexibility index (Phi) is 10.1. The second-order valence-electron chi connectivity index (χ2n) is 16.4. The Morgan fingerprint density at radius 3 is 2.27 bits per heavy atom. The van der Waals surface area contributed by atoms with Gasteiger partial charge in [-0.2, -0.15) is 0 Å². The molecule has 0 aromatic heterocycles. The van der Waals surface area contributed by atoms with Gasteiger partial charge in [0.15, 0.2) is 12.6 Å². The zero-order valence-corrected chi connectivity index (χ0v) is 29.4.